The van der Waals surface area contributed by atoms with Crippen molar-refractivity contribution in [1.82, 2.24) is 5.32 Å². The Bertz CT molecular complexity index is 937. The van der Waals surface area contributed by atoms with Crippen LogP contribution >= 0.6 is 0 Å². The van der Waals surface area contributed by atoms with Crippen LogP contribution in [0, 0.1) is 6.92 Å². The molecular formula is C21H27N3O3S. The maximum Gasteiger partial charge on any atom is 0.241 e. The van der Waals surface area contributed by atoms with Gasteiger partial charge in [0.05, 0.1) is 11.9 Å². The van der Waals surface area contributed by atoms with Gasteiger partial charge in [-0.25, -0.2) is 8.42 Å². The van der Waals surface area contributed by atoms with Crippen molar-refractivity contribution in [3.05, 3.63) is 59.7 Å². The quantitative estimate of drug-likeness (QED) is 0.774. The lowest BCUT2D eigenvalue weighted by molar-refractivity contribution is -0.119. The van der Waals surface area contributed by atoms with Crippen LogP contribution in [0.5, 0.6) is 0 Å². The van der Waals surface area contributed by atoms with E-state index in [4.69, 9.17) is 0 Å². The van der Waals surface area contributed by atoms with Gasteiger partial charge in [0.1, 0.15) is 6.54 Å². The highest BCUT2D eigenvalue weighted by Gasteiger charge is 2.22. The fourth-order valence-corrected chi connectivity index (χ4v) is 4.45. The van der Waals surface area contributed by atoms with Gasteiger partial charge in [0.2, 0.25) is 15.9 Å². The lowest BCUT2D eigenvalue weighted by atomic mass is 10.1. The first-order valence-electron chi connectivity index (χ1n) is 9.49. The van der Waals surface area contributed by atoms with Gasteiger partial charge in [-0.3, -0.25) is 9.10 Å². The number of para-hydroxylation sites is 2. The van der Waals surface area contributed by atoms with Gasteiger partial charge in [0, 0.05) is 25.3 Å². The number of rotatable bonds is 7. The summed E-state index contributed by atoms with van der Waals surface area (Å²) in [5.41, 5.74) is 3.51. The van der Waals surface area contributed by atoms with Crippen LogP contribution in [0.25, 0.3) is 0 Å². The van der Waals surface area contributed by atoms with Gasteiger partial charge in [-0.15, -0.1) is 0 Å². The Hall–Kier alpha value is -2.54. The van der Waals surface area contributed by atoms with Crippen LogP contribution in [0.1, 0.15) is 24.0 Å². The zero-order valence-electron chi connectivity index (χ0n) is 16.4. The predicted octanol–water partition coefficient (Wildman–Crippen LogP) is 2.68. The zero-order valence-corrected chi connectivity index (χ0v) is 17.2. The normalized spacial score (nSPS) is 14.1. The average Bonchev–Trinajstić information content (AvgIpc) is 3.19. The predicted molar refractivity (Wildman–Crippen MR) is 113 cm³/mol. The Labute approximate surface area is 167 Å². The molecule has 0 spiro atoms. The summed E-state index contributed by atoms with van der Waals surface area (Å²) < 4.78 is 25.7. The minimum atomic E-state index is -3.58. The summed E-state index contributed by atoms with van der Waals surface area (Å²) >= 11 is 0. The van der Waals surface area contributed by atoms with Crippen LogP contribution in [-0.2, 0) is 21.4 Å². The largest absolute Gasteiger partial charge is 0.371 e. The number of benzene rings is 2. The number of anilines is 2. The second-order valence-electron chi connectivity index (χ2n) is 7.16. The molecule has 7 heteroatoms. The Balaban J connectivity index is 1.70. The van der Waals surface area contributed by atoms with Crippen molar-refractivity contribution in [1.29, 1.82) is 0 Å². The molecule has 1 saturated heterocycles. The third kappa shape index (κ3) is 4.84. The molecule has 0 atom stereocenters. The highest BCUT2D eigenvalue weighted by atomic mass is 32.2. The zero-order chi connectivity index (χ0) is 20.1. The van der Waals surface area contributed by atoms with Crippen molar-refractivity contribution in [2.75, 3.05) is 35.1 Å². The van der Waals surface area contributed by atoms with E-state index in [-0.39, 0.29) is 12.5 Å². The van der Waals surface area contributed by atoms with E-state index in [9.17, 15) is 13.2 Å². The number of aryl methyl sites for hydroxylation is 1. The molecule has 1 heterocycles. The summed E-state index contributed by atoms with van der Waals surface area (Å²) in [6, 6.07) is 15.2. The molecule has 1 aliphatic rings. The molecule has 0 saturated carbocycles. The number of hydrogen-bond donors (Lipinski definition) is 1. The first-order chi connectivity index (χ1) is 13.4. The SMILES string of the molecule is Cc1ccccc1N(CC(=O)NCc1ccccc1N1CCCC1)S(C)(=O)=O. The number of amides is 1. The third-order valence-corrected chi connectivity index (χ3v) is 6.11. The van der Waals surface area contributed by atoms with Crippen LogP contribution in [0.15, 0.2) is 48.5 Å². The van der Waals surface area contributed by atoms with Crippen LogP contribution in [0.4, 0.5) is 11.4 Å². The molecule has 1 amide bonds. The lowest BCUT2D eigenvalue weighted by Gasteiger charge is -2.24. The molecule has 0 radical (unpaired) electrons. The van der Waals surface area contributed by atoms with Gasteiger partial charge in [-0.2, -0.15) is 0 Å². The summed E-state index contributed by atoms with van der Waals surface area (Å²) in [5, 5.41) is 2.88. The number of sulfonamides is 1. The first-order valence-corrected chi connectivity index (χ1v) is 11.3. The van der Waals surface area contributed by atoms with E-state index in [0.717, 1.165) is 40.5 Å². The van der Waals surface area contributed by atoms with Crippen LogP contribution in [-0.4, -0.2) is 40.2 Å². The molecule has 0 bridgehead atoms. The highest BCUT2D eigenvalue weighted by Crippen LogP contribution is 2.25. The van der Waals surface area contributed by atoms with Crippen LogP contribution in [0.2, 0.25) is 0 Å². The molecular weight excluding hydrogens is 374 g/mol. The van der Waals surface area contributed by atoms with Crippen molar-refractivity contribution in [2.45, 2.75) is 26.3 Å². The average molecular weight is 402 g/mol. The second-order valence-corrected chi connectivity index (χ2v) is 9.06. The fourth-order valence-electron chi connectivity index (χ4n) is 3.53. The molecule has 1 aliphatic heterocycles. The van der Waals surface area contributed by atoms with E-state index in [2.05, 4.69) is 16.3 Å². The van der Waals surface area contributed by atoms with Crippen molar-refractivity contribution < 1.29 is 13.2 Å². The van der Waals surface area contributed by atoms with Gasteiger partial charge >= 0.3 is 0 Å². The van der Waals surface area contributed by atoms with Crippen LogP contribution in [0.3, 0.4) is 0 Å². The number of hydrogen-bond acceptors (Lipinski definition) is 4. The minimum Gasteiger partial charge on any atom is -0.371 e. The van der Waals surface area contributed by atoms with Gasteiger partial charge < -0.3 is 10.2 Å². The van der Waals surface area contributed by atoms with E-state index in [1.165, 1.54) is 12.8 Å². The smallest absolute Gasteiger partial charge is 0.241 e. The Kier molecular flexibility index (Phi) is 6.24. The number of nitrogens with zero attached hydrogens (tertiary/aromatic N) is 2. The molecule has 0 aromatic heterocycles. The molecule has 1 N–H and O–H groups in total. The molecule has 3 rings (SSSR count). The summed E-state index contributed by atoms with van der Waals surface area (Å²) in [6.45, 7) is 4.02. The monoisotopic (exact) mass is 401 g/mol. The molecule has 0 aliphatic carbocycles. The Morgan fingerprint density at radius 1 is 1.07 bits per heavy atom. The van der Waals surface area contributed by atoms with E-state index in [0.29, 0.717) is 12.2 Å². The van der Waals surface area contributed by atoms with Gasteiger partial charge in [-0.1, -0.05) is 36.4 Å². The standard InChI is InChI=1S/C21H27N3O3S/c1-17-9-3-5-11-19(17)24(28(2,26)27)16-21(25)22-15-18-10-4-6-12-20(18)23-13-7-8-14-23/h3-6,9-12H,7-8,13-16H2,1-2H3,(H,22,25). The summed E-state index contributed by atoms with van der Waals surface area (Å²) in [7, 11) is -3.58. The third-order valence-electron chi connectivity index (χ3n) is 4.99. The molecule has 2 aromatic carbocycles. The summed E-state index contributed by atoms with van der Waals surface area (Å²) in [4.78, 5) is 14.9. The van der Waals surface area contributed by atoms with Crippen molar-refractivity contribution in [3.63, 3.8) is 0 Å². The van der Waals surface area contributed by atoms with Crippen molar-refractivity contribution in [2.24, 2.45) is 0 Å². The number of nitrogens with one attached hydrogen (secondary N) is 1. The van der Waals surface area contributed by atoms with E-state index in [1.807, 2.05) is 37.3 Å². The van der Waals surface area contributed by atoms with Gasteiger partial charge in [-0.05, 0) is 43.0 Å². The molecule has 0 unspecified atom stereocenters. The van der Waals surface area contributed by atoms with Gasteiger partial charge in [0.25, 0.3) is 0 Å². The van der Waals surface area contributed by atoms with E-state index < -0.39 is 10.0 Å². The van der Waals surface area contributed by atoms with Crippen molar-refractivity contribution >= 4 is 27.3 Å². The number of carbonyl (C=O) groups is 1. The second kappa shape index (κ2) is 8.65. The Morgan fingerprint density at radius 3 is 2.39 bits per heavy atom. The first kappa shape index (κ1) is 20.2. The molecule has 6 nitrogen and oxygen atoms in total. The van der Waals surface area contributed by atoms with Gasteiger partial charge in [0.15, 0.2) is 0 Å². The Morgan fingerprint density at radius 2 is 1.71 bits per heavy atom. The molecule has 150 valence electrons. The molecule has 2 aromatic rings. The molecule has 28 heavy (non-hydrogen) atoms. The molecule has 1 fully saturated rings. The maximum absolute atomic E-state index is 12.6. The number of carbonyl (C=O) groups excluding carboxylic acids is 1. The maximum atomic E-state index is 12.6. The lowest BCUT2D eigenvalue weighted by Crippen LogP contribution is -2.40. The van der Waals surface area contributed by atoms with E-state index >= 15 is 0 Å². The minimum absolute atomic E-state index is 0.241. The van der Waals surface area contributed by atoms with Crippen molar-refractivity contribution in [3.8, 4) is 0 Å². The topological polar surface area (TPSA) is 69.7 Å². The summed E-state index contributed by atoms with van der Waals surface area (Å²) in [5.74, 6) is -0.329. The van der Waals surface area contributed by atoms with Crippen LogP contribution < -0.4 is 14.5 Å². The highest BCUT2D eigenvalue weighted by molar-refractivity contribution is 7.92. The summed E-state index contributed by atoms with van der Waals surface area (Å²) in [6.07, 6.45) is 3.48. The fraction of sp³-hybridized carbons (Fsp3) is 0.381. The van der Waals surface area contributed by atoms with E-state index in [1.54, 1.807) is 12.1 Å².